The second-order valence-electron chi connectivity index (χ2n) is 8.88. The number of fused-ring (bicyclic) bond motifs is 1. The molecule has 37 heavy (non-hydrogen) atoms. The van der Waals surface area contributed by atoms with Crippen molar-refractivity contribution in [3.05, 3.63) is 53.1 Å². The van der Waals surface area contributed by atoms with E-state index in [9.17, 15) is 18.0 Å². The van der Waals surface area contributed by atoms with Gasteiger partial charge in [0.2, 0.25) is 21.8 Å². The van der Waals surface area contributed by atoms with E-state index in [2.05, 4.69) is 5.32 Å². The molecule has 0 aromatic heterocycles. The molecule has 2 amide bonds. The van der Waals surface area contributed by atoms with Crippen LogP contribution in [-0.4, -0.2) is 62.7 Å². The van der Waals surface area contributed by atoms with Crippen LogP contribution in [0.15, 0.2) is 42.5 Å². The predicted octanol–water partition coefficient (Wildman–Crippen LogP) is 3.60. The number of halogens is 1. The summed E-state index contributed by atoms with van der Waals surface area (Å²) in [4.78, 5) is 28.1. The number of hydrogen-bond acceptors (Lipinski definition) is 6. The molecule has 0 radical (unpaired) electrons. The summed E-state index contributed by atoms with van der Waals surface area (Å²) < 4.78 is 38.4. The van der Waals surface area contributed by atoms with Crippen molar-refractivity contribution < 1.29 is 27.5 Å². The number of amides is 2. The van der Waals surface area contributed by atoms with E-state index < -0.39 is 28.5 Å². The molecule has 0 saturated carbocycles. The van der Waals surface area contributed by atoms with Gasteiger partial charge in [0.15, 0.2) is 11.5 Å². The van der Waals surface area contributed by atoms with Gasteiger partial charge in [-0.05, 0) is 57.0 Å². The summed E-state index contributed by atoms with van der Waals surface area (Å²) >= 11 is 6.15. The molecule has 0 saturated heterocycles. The van der Waals surface area contributed by atoms with Crippen LogP contribution in [-0.2, 0) is 26.2 Å². The molecule has 0 bridgehead atoms. The number of benzene rings is 2. The lowest BCUT2D eigenvalue weighted by molar-refractivity contribution is -0.139. The molecule has 1 aliphatic heterocycles. The number of hydrogen-bond donors (Lipinski definition) is 1. The molecule has 0 fully saturated rings. The van der Waals surface area contributed by atoms with Crippen LogP contribution in [0.25, 0.3) is 0 Å². The van der Waals surface area contributed by atoms with Gasteiger partial charge in [-0.25, -0.2) is 8.42 Å². The average Bonchev–Trinajstić information content (AvgIpc) is 2.89. The summed E-state index contributed by atoms with van der Waals surface area (Å²) in [5, 5.41) is 3.39. The molecule has 2 aromatic rings. The molecule has 202 valence electrons. The first-order valence-corrected chi connectivity index (χ1v) is 14.3. The topological polar surface area (TPSA) is 105 Å². The van der Waals surface area contributed by atoms with Crippen LogP contribution in [0.3, 0.4) is 0 Å². The van der Waals surface area contributed by atoms with Crippen molar-refractivity contribution in [2.75, 3.05) is 29.8 Å². The number of rotatable bonds is 11. The molecule has 1 heterocycles. The lowest BCUT2D eigenvalue weighted by Crippen LogP contribution is -2.52. The third-order valence-electron chi connectivity index (χ3n) is 6.20. The second kappa shape index (κ2) is 12.5. The average molecular weight is 552 g/mol. The summed E-state index contributed by atoms with van der Waals surface area (Å²) in [7, 11) is -3.85. The van der Waals surface area contributed by atoms with E-state index in [-0.39, 0.29) is 29.9 Å². The van der Waals surface area contributed by atoms with Gasteiger partial charge < -0.3 is 19.7 Å². The van der Waals surface area contributed by atoms with Crippen molar-refractivity contribution >= 4 is 39.1 Å². The smallest absolute Gasteiger partial charge is 0.244 e. The minimum Gasteiger partial charge on any atom is -0.486 e. The zero-order valence-corrected chi connectivity index (χ0v) is 23.1. The van der Waals surface area contributed by atoms with E-state index in [4.69, 9.17) is 21.1 Å². The van der Waals surface area contributed by atoms with Crippen LogP contribution in [0.4, 0.5) is 5.69 Å². The van der Waals surface area contributed by atoms with Crippen molar-refractivity contribution in [3.8, 4) is 11.5 Å². The van der Waals surface area contributed by atoms with Crippen LogP contribution in [0, 0.1) is 0 Å². The molecule has 3 rings (SSSR count). The number of carbonyl (C=O) groups is 2. The van der Waals surface area contributed by atoms with Gasteiger partial charge in [0.1, 0.15) is 25.8 Å². The van der Waals surface area contributed by atoms with Crippen LogP contribution < -0.4 is 19.1 Å². The fraction of sp³-hybridized carbons (Fsp3) is 0.462. The Morgan fingerprint density at radius 3 is 2.41 bits per heavy atom. The lowest BCUT2D eigenvalue weighted by Gasteiger charge is -2.32. The van der Waals surface area contributed by atoms with Gasteiger partial charge >= 0.3 is 0 Å². The van der Waals surface area contributed by atoms with Crippen LogP contribution in [0.5, 0.6) is 11.5 Å². The lowest BCUT2D eigenvalue weighted by atomic mass is 10.1. The molecule has 2 atom stereocenters. The highest BCUT2D eigenvalue weighted by molar-refractivity contribution is 7.92. The molecule has 0 spiro atoms. The first-order chi connectivity index (χ1) is 17.6. The Morgan fingerprint density at radius 2 is 1.76 bits per heavy atom. The van der Waals surface area contributed by atoms with Crippen molar-refractivity contribution in [1.29, 1.82) is 0 Å². The van der Waals surface area contributed by atoms with Gasteiger partial charge in [0, 0.05) is 23.7 Å². The number of nitrogens with one attached hydrogen (secondary N) is 1. The summed E-state index contributed by atoms with van der Waals surface area (Å²) in [6.07, 6.45) is 0.729. The number of nitrogens with zero attached hydrogens (tertiary/aromatic N) is 2. The highest BCUT2D eigenvalue weighted by Crippen LogP contribution is 2.35. The maximum atomic E-state index is 13.7. The SMILES string of the molecule is CC[C@@H](C)NC(=O)[C@H](C)N(Cc1cccc(Cl)c1)C(=O)CN(c1ccc2c(c1)OCCO2)S(=O)(=O)CC. The van der Waals surface area contributed by atoms with Gasteiger partial charge in [-0.2, -0.15) is 0 Å². The minimum absolute atomic E-state index is 0.0762. The summed E-state index contributed by atoms with van der Waals surface area (Å²) in [6, 6.07) is 10.8. The van der Waals surface area contributed by atoms with Gasteiger partial charge in [-0.3, -0.25) is 13.9 Å². The molecular weight excluding hydrogens is 518 g/mol. The molecule has 0 unspecified atom stereocenters. The van der Waals surface area contributed by atoms with E-state index in [1.54, 1.807) is 49.4 Å². The number of sulfonamides is 1. The fourth-order valence-corrected chi connectivity index (χ4v) is 5.05. The summed E-state index contributed by atoms with van der Waals surface area (Å²) in [5.41, 5.74) is 0.993. The van der Waals surface area contributed by atoms with Crippen LogP contribution in [0.2, 0.25) is 5.02 Å². The Morgan fingerprint density at radius 1 is 1.05 bits per heavy atom. The minimum atomic E-state index is -3.85. The number of ether oxygens (including phenoxy) is 2. The largest absolute Gasteiger partial charge is 0.486 e. The van der Waals surface area contributed by atoms with Crippen molar-refractivity contribution in [2.45, 2.75) is 52.7 Å². The van der Waals surface area contributed by atoms with Crippen LogP contribution >= 0.6 is 11.6 Å². The summed E-state index contributed by atoms with van der Waals surface area (Å²) in [5.74, 6) is -0.155. The zero-order valence-electron chi connectivity index (χ0n) is 21.6. The third kappa shape index (κ3) is 7.29. The van der Waals surface area contributed by atoms with E-state index in [1.165, 1.54) is 11.8 Å². The fourth-order valence-electron chi connectivity index (χ4n) is 3.79. The van der Waals surface area contributed by atoms with Gasteiger partial charge in [-0.15, -0.1) is 0 Å². The standard InChI is InChI=1S/C26H34ClN3O6S/c1-5-18(3)28-26(32)19(4)29(16-20-8-7-9-21(27)14-20)25(31)17-30(37(33,34)6-2)22-10-11-23-24(15-22)36-13-12-35-23/h7-11,14-15,18-19H,5-6,12-13,16-17H2,1-4H3,(H,28,32)/t18-,19+/m1/s1. The van der Waals surface area contributed by atoms with Crippen molar-refractivity contribution in [3.63, 3.8) is 0 Å². The van der Waals surface area contributed by atoms with Crippen LogP contribution in [0.1, 0.15) is 39.7 Å². The summed E-state index contributed by atoms with van der Waals surface area (Å²) in [6.45, 7) is 7.30. The first-order valence-electron chi connectivity index (χ1n) is 12.3. The number of carbonyl (C=O) groups excluding carboxylic acids is 2. The van der Waals surface area contributed by atoms with Crippen molar-refractivity contribution in [1.82, 2.24) is 10.2 Å². The molecular formula is C26H34ClN3O6S. The Bertz CT molecular complexity index is 1220. The zero-order chi connectivity index (χ0) is 27.2. The van der Waals surface area contributed by atoms with E-state index >= 15 is 0 Å². The Labute approximate surface area is 223 Å². The molecule has 0 aliphatic carbocycles. The number of anilines is 1. The molecule has 1 aliphatic rings. The van der Waals surface area contributed by atoms with Gasteiger partial charge in [0.25, 0.3) is 0 Å². The Balaban J connectivity index is 1.94. The van der Waals surface area contributed by atoms with E-state index in [0.717, 1.165) is 10.7 Å². The van der Waals surface area contributed by atoms with E-state index in [1.807, 2.05) is 13.8 Å². The monoisotopic (exact) mass is 551 g/mol. The Kier molecular flexibility index (Phi) is 9.67. The first kappa shape index (κ1) is 28.6. The van der Waals surface area contributed by atoms with Gasteiger partial charge in [0.05, 0.1) is 11.4 Å². The highest BCUT2D eigenvalue weighted by Gasteiger charge is 2.32. The third-order valence-corrected chi connectivity index (χ3v) is 8.18. The highest BCUT2D eigenvalue weighted by atomic mass is 35.5. The van der Waals surface area contributed by atoms with Crippen molar-refractivity contribution in [2.24, 2.45) is 0 Å². The molecule has 11 heteroatoms. The maximum absolute atomic E-state index is 13.7. The van der Waals surface area contributed by atoms with E-state index in [0.29, 0.717) is 35.3 Å². The van der Waals surface area contributed by atoms with Gasteiger partial charge in [-0.1, -0.05) is 30.7 Å². The second-order valence-corrected chi connectivity index (χ2v) is 11.5. The Hall–Kier alpha value is -2.98. The maximum Gasteiger partial charge on any atom is 0.244 e. The molecule has 2 aromatic carbocycles. The normalized spacial score (nSPS) is 14.4. The molecule has 1 N–H and O–H groups in total. The molecule has 9 nitrogen and oxygen atoms in total. The predicted molar refractivity (Wildman–Crippen MR) is 144 cm³/mol. The quantitative estimate of drug-likeness (QED) is 0.457.